The van der Waals surface area contributed by atoms with Crippen molar-refractivity contribution in [1.29, 1.82) is 0 Å². The lowest BCUT2D eigenvalue weighted by atomic mass is 10.3. The van der Waals surface area contributed by atoms with Crippen LogP contribution in [-0.4, -0.2) is 63.7 Å². The van der Waals surface area contributed by atoms with Gasteiger partial charge in [-0.3, -0.25) is 0 Å². The molecule has 1 atom stereocenters. The van der Waals surface area contributed by atoms with Crippen LogP contribution in [0, 0.1) is 0 Å². The lowest BCUT2D eigenvalue weighted by Crippen LogP contribution is -2.29. The Kier molecular flexibility index (Phi) is 12.7. The van der Waals surface area contributed by atoms with Crippen LogP contribution in [0.15, 0.2) is 0 Å². The Morgan fingerprint density at radius 2 is 1.57 bits per heavy atom. The molecular weight excluding hydrogens is 176 g/mol. The van der Waals surface area contributed by atoms with E-state index in [9.17, 15) is 0 Å². The highest BCUT2D eigenvalue weighted by Gasteiger charge is 1.92. The first kappa shape index (κ1) is 16.3. The van der Waals surface area contributed by atoms with E-state index >= 15 is 0 Å². The second-order valence-corrected chi connectivity index (χ2v) is 4.19. The van der Waals surface area contributed by atoms with Crippen LogP contribution in [-0.2, 0) is 0 Å². The average Bonchev–Trinajstić information content (AvgIpc) is 1.99. The van der Waals surface area contributed by atoms with Gasteiger partial charge in [0, 0.05) is 12.6 Å². The molecule has 0 aromatic rings. The number of likely N-dealkylation sites (N-methyl/N-ethyl adjacent to an activating group) is 1. The SMILES string of the molecule is CC(N)CN(C)C.CN(C)CCCN. The zero-order valence-electron chi connectivity index (χ0n) is 10.5. The third-order valence-corrected chi connectivity index (χ3v) is 1.46. The summed E-state index contributed by atoms with van der Waals surface area (Å²) < 4.78 is 0. The molecule has 4 heteroatoms. The van der Waals surface area contributed by atoms with Gasteiger partial charge in [0.25, 0.3) is 0 Å². The predicted molar refractivity (Wildman–Crippen MR) is 64.4 cm³/mol. The minimum atomic E-state index is 0.301. The Balaban J connectivity index is 0. The monoisotopic (exact) mass is 204 g/mol. The van der Waals surface area contributed by atoms with Gasteiger partial charge in [0.1, 0.15) is 0 Å². The van der Waals surface area contributed by atoms with Crippen LogP contribution in [0.4, 0.5) is 0 Å². The highest BCUT2D eigenvalue weighted by atomic mass is 15.1. The summed E-state index contributed by atoms with van der Waals surface area (Å²) in [6.07, 6.45) is 1.10. The maximum absolute atomic E-state index is 5.45. The van der Waals surface area contributed by atoms with Crippen LogP contribution in [0.2, 0.25) is 0 Å². The molecule has 1 unspecified atom stereocenters. The Morgan fingerprint density at radius 1 is 1.07 bits per heavy atom. The summed E-state index contributed by atoms with van der Waals surface area (Å²) in [4.78, 5) is 4.21. The number of nitrogens with two attached hydrogens (primary N) is 2. The standard InChI is InChI=1S/2C5H14N2/c1-5(6)4-7(2)3;1-7(2)5-3-4-6/h5H,4,6H2,1-3H3;3-6H2,1-2H3. The van der Waals surface area contributed by atoms with Crippen molar-refractivity contribution in [1.82, 2.24) is 9.80 Å². The van der Waals surface area contributed by atoms with E-state index in [0.29, 0.717) is 6.04 Å². The number of rotatable bonds is 5. The zero-order chi connectivity index (χ0) is 11.6. The molecule has 0 aromatic heterocycles. The fourth-order valence-corrected chi connectivity index (χ4v) is 0.983. The molecule has 0 aliphatic heterocycles. The molecule has 0 saturated carbocycles. The molecule has 4 nitrogen and oxygen atoms in total. The Bertz CT molecular complexity index is 96.3. The maximum atomic E-state index is 5.45. The third kappa shape index (κ3) is 22.6. The number of hydrogen-bond donors (Lipinski definition) is 2. The first-order valence-corrected chi connectivity index (χ1v) is 5.15. The number of nitrogens with zero attached hydrogens (tertiary/aromatic N) is 2. The van der Waals surface area contributed by atoms with E-state index < -0.39 is 0 Å². The minimum Gasteiger partial charge on any atom is -0.330 e. The molecule has 0 bridgehead atoms. The number of hydrogen-bond acceptors (Lipinski definition) is 4. The first-order chi connectivity index (χ1) is 6.40. The Labute approximate surface area is 89.2 Å². The van der Waals surface area contributed by atoms with Crippen LogP contribution in [0.5, 0.6) is 0 Å². The summed E-state index contributed by atoms with van der Waals surface area (Å²) in [7, 11) is 8.14. The molecule has 0 fully saturated rings. The third-order valence-electron chi connectivity index (χ3n) is 1.46. The summed E-state index contributed by atoms with van der Waals surface area (Å²) in [5, 5.41) is 0. The van der Waals surface area contributed by atoms with E-state index in [1.54, 1.807) is 0 Å². The smallest absolute Gasteiger partial charge is 0.0138 e. The van der Waals surface area contributed by atoms with Gasteiger partial charge in [0.05, 0.1) is 0 Å². The molecule has 0 amide bonds. The second-order valence-electron chi connectivity index (χ2n) is 4.19. The van der Waals surface area contributed by atoms with Crippen LogP contribution >= 0.6 is 0 Å². The normalized spacial score (nSPS) is 12.6. The zero-order valence-corrected chi connectivity index (χ0v) is 10.5. The minimum absolute atomic E-state index is 0.301. The van der Waals surface area contributed by atoms with Gasteiger partial charge >= 0.3 is 0 Å². The molecule has 14 heavy (non-hydrogen) atoms. The molecule has 0 heterocycles. The quantitative estimate of drug-likeness (QED) is 0.651. The largest absolute Gasteiger partial charge is 0.330 e. The lowest BCUT2D eigenvalue weighted by molar-refractivity contribution is 0.383. The van der Waals surface area contributed by atoms with Gasteiger partial charge in [-0.15, -0.1) is 0 Å². The molecule has 0 spiro atoms. The van der Waals surface area contributed by atoms with Crippen LogP contribution < -0.4 is 11.5 Å². The predicted octanol–water partition coefficient (Wildman–Crippen LogP) is -0.208. The van der Waals surface area contributed by atoms with E-state index in [0.717, 1.165) is 26.1 Å². The van der Waals surface area contributed by atoms with E-state index in [1.807, 2.05) is 21.0 Å². The molecule has 0 aliphatic carbocycles. The molecule has 0 saturated heterocycles. The molecule has 0 rings (SSSR count). The summed E-state index contributed by atoms with van der Waals surface area (Å²) in [5.74, 6) is 0. The Morgan fingerprint density at radius 3 is 1.64 bits per heavy atom. The summed E-state index contributed by atoms with van der Waals surface area (Å²) in [6, 6.07) is 0.301. The average molecular weight is 204 g/mol. The second kappa shape index (κ2) is 10.9. The van der Waals surface area contributed by atoms with Gasteiger partial charge < -0.3 is 21.3 Å². The van der Waals surface area contributed by atoms with Crippen LogP contribution in [0.1, 0.15) is 13.3 Å². The van der Waals surface area contributed by atoms with E-state index in [-0.39, 0.29) is 0 Å². The van der Waals surface area contributed by atoms with Crippen molar-refractivity contribution < 1.29 is 0 Å². The van der Waals surface area contributed by atoms with Crippen molar-refractivity contribution in [3.63, 3.8) is 0 Å². The van der Waals surface area contributed by atoms with Crippen molar-refractivity contribution in [3.05, 3.63) is 0 Å². The molecule has 4 N–H and O–H groups in total. The first-order valence-electron chi connectivity index (χ1n) is 5.15. The van der Waals surface area contributed by atoms with Crippen molar-refractivity contribution in [2.75, 3.05) is 47.8 Å². The van der Waals surface area contributed by atoms with Crippen molar-refractivity contribution in [3.8, 4) is 0 Å². The van der Waals surface area contributed by atoms with Gasteiger partial charge in [-0.1, -0.05) is 0 Å². The highest BCUT2D eigenvalue weighted by molar-refractivity contribution is 4.54. The molecule has 88 valence electrons. The topological polar surface area (TPSA) is 58.5 Å². The molecule has 0 aromatic carbocycles. The van der Waals surface area contributed by atoms with Gasteiger partial charge in [-0.2, -0.15) is 0 Å². The van der Waals surface area contributed by atoms with E-state index in [1.165, 1.54) is 0 Å². The van der Waals surface area contributed by atoms with E-state index in [4.69, 9.17) is 11.5 Å². The summed E-state index contributed by atoms with van der Waals surface area (Å²) in [6.45, 7) is 4.88. The fourth-order valence-electron chi connectivity index (χ4n) is 0.983. The lowest BCUT2D eigenvalue weighted by Gasteiger charge is -2.11. The summed E-state index contributed by atoms with van der Waals surface area (Å²) >= 11 is 0. The maximum Gasteiger partial charge on any atom is 0.0138 e. The summed E-state index contributed by atoms with van der Waals surface area (Å²) in [5.41, 5.74) is 10.7. The molecule has 0 aliphatic rings. The van der Waals surface area contributed by atoms with Gasteiger partial charge in [-0.05, 0) is 54.6 Å². The molecule has 0 radical (unpaired) electrons. The van der Waals surface area contributed by atoms with Crippen molar-refractivity contribution in [2.24, 2.45) is 11.5 Å². The van der Waals surface area contributed by atoms with Crippen LogP contribution in [0.25, 0.3) is 0 Å². The van der Waals surface area contributed by atoms with Gasteiger partial charge in [0.2, 0.25) is 0 Å². The van der Waals surface area contributed by atoms with Crippen molar-refractivity contribution >= 4 is 0 Å². The van der Waals surface area contributed by atoms with Crippen molar-refractivity contribution in [2.45, 2.75) is 19.4 Å². The highest BCUT2D eigenvalue weighted by Crippen LogP contribution is 1.77. The van der Waals surface area contributed by atoms with E-state index in [2.05, 4.69) is 23.9 Å². The Hall–Kier alpha value is -0.160. The molecular formula is C10H28N4. The van der Waals surface area contributed by atoms with Gasteiger partial charge in [0.15, 0.2) is 0 Å². The van der Waals surface area contributed by atoms with Gasteiger partial charge in [-0.25, -0.2) is 0 Å². The fraction of sp³-hybridized carbons (Fsp3) is 1.00. The van der Waals surface area contributed by atoms with Crippen LogP contribution in [0.3, 0.4) is 0 Å².